The van der Waals surface area contributed by atoms with Crippen LogP contribution < -0.4 is 5.32 Å². The first-order valence-corrected chi connectivity index (χ1v) is 9.44. The molecule has 2 heterocycles. The van der Waals surface area contributed by atoms with Gasteiger partial charge >= 0.3 is 5.97 Å². The lowest BCUT2D eigenvalue weighted by atomic mass is 9.96. The maximum Gasteiger partial charge on any atom is 0.345 e. The van der Waals surface area contributed by atoms with E-state index in [0.29, 0.717) is 36.7 Å². The number of thiophene rings is 1. The fourth-order valence-corrected chi connectivity index (χ4v) is 3.39. The van der Waals surface area contributed by atoms with Crippen LogP contribution in [-0.2, 0) is 16.6 Å². The molecular formula is C19H21N3O4S. The zero-order valence-corrected chi connectivity index (χ0v) is 16.2. The van der Waals surface area contributed by atoms with Crippen molar-refractivity contribution in [2.75, 3.05) is 5.32 Å². The summed E-state index contributed by atoms with van der Waals surface area (Å²) >= 11 is 1.21. The van der Waals surface area contributed by atoms with Crippen molar-refractivity contribution in [3.63, 3.8) is 0 Å². The lowest BCUT2D eigenvalue weighted by molar-refractivity contribution is -0.116. The van der Waals surface area contributed by atoms with E-state index in [2.05, 4.69) is 15.5 Å². The lowest BCUT2D eigenvalue weighted by Gasteiger charge is -2.10. The summed E-state index contributed by atoms with van der Waals surface area (Å²) in [5.41, 5.74) is 0.481. The van der Waals surface area contributed by atoms with Crippen molar-refractivity contribution in [2.24, 2.45) is 0 Å². The zero-order valence-electron chi connectivity index (χ0n) is 15.4. The number of nitrogens with zero attached hydrogens (tertiary/aromatic N) is 2. The lowest BCUT2D eigenvalue weighted by Crippen LogP contribution is -2.13. The van der Waals surface area contributed by atoms with E-state index >= 15 is 0 Å². The maximum absolute atomic E-state index is 12.1. The minimum atomic E-state index is -0.947. The van der Waals surface area contributed by atoms with Gasteiger partial charge in [-0.15, -0.1) is 11.3 Å². The Balaban J connectivity index is 1.54. The number of aryl methyl sites for hydroxylation is 1. The van der Waals surface area contributed by atoms with E-state index in [4.69, 9.17) is 9.63 Å². The zero-order chi connectivity index (χ0) is 19.6. The van der Waals surface area contributed by atoms with Gasteiger partial charge in [-0.05, 0) is 36.1 Å². The van der Waals surface area contributed by atoms with Gasteiger partial charge in [-0.1, -0.05) is 25.9 Å². The second kappa shape index (κ2) is 7.48. The first kappa shape index (κ1) is 19.0. The quantitative estimate of drug-likeness (QED) is 0.655. The number of carbonyl (C=O) groups excluding carboxylic acids is 1. The van der Waals surface area contributed by atoms with E-state index in [1.54, 1.807) is 18.2 Å². The van der Waals surface area contributed by atoms with Gasteiger partial charge in [0, 0.05) is 28.6 Å². The van der Waals surface area contributed by atoms with Crippen molar-refractivity contribution in [3.8, 4) is 0 Å². The molecule has 0 spiro atoms. The number of amides is 1. The SMILES string of the molecule is CC(C)(C)c1noc(CCCC(=O)Nc2ccc3sc(C(=O)O)cc3c2)n1. The van der Waals surface area contributed by atoms with Crippen LogP contribution in [0, 0.1) is 0 Å². The van der Waals surface area contributed by atoms with Crippen LogP contribution in [0.2, 0.25) is 0 Å². The predicted octanol–water partition coefficient (Wildman–Crippen LogP) is 4.24. The Kier molecular flexibility index (Phi) is 5.27. The van der Waals surface area contributed by atoms with Crippen molar-refractivity contribution in [1.82, 2.24) is 10.1 Å². The van der Waals surface area contributed by atoms with Gasteiger partial charge in [-0.3, -0.25) is 4.79 Å². The molecule has 1 aromatic carbocycles. The molecule has 27 heavy (non-hydrogen) atoms. The second-order valence-corrected chi connectivity index (χ2v) is 8.42. The number of carboxylic acid groups (broad SMARTS) is 1. The van der Waals surface area contributed by atoms with Gasteiger partial charge in [0.05, 0.1) is 0 Å². The van der Waals surface area contributed by atoms with Crippen molar-refractivity contribution in [1.29, 1.82) is 0 Å². The molecule has 8 heteroatoms. The smallest absolute Gasteiger partial charge is 0.345 e. The molecule has 0 atom stereocenters. The summed E-state index contributed by atoms with van der Waals surface area (Å²) in [6, 6.07) is 6.98. The molecule has 0 bridgehead atoms. The molecule has 0 unspecified atom stereocenters. The maximum atomic E-state index is 12.1. The third-order valence-corrected chi connectivity index (χ3v) is 5.05. The molecule has 0 aliphatic rings. The van der Waals surface area contributed by atoms with Crippen LogP contribution in [0.4, 0.5) is 5.69 Å². The van der Waals surface area contributed by atoms with Crippen LogP contribution in [0.1, 0.15) is 55.0 Å². The molecule has 0 radical (unpaired) electrons. The average Bonchev–Trinajstić information content (AvgIpc) is 3.20. The van der Waals surface area contributed by atoms with Gasteiger partial charge in [0.25, 0.3) is 0 Å². The van der Waals surface area contributed by atoms with Crippen LogP contribution in [0.5, 0.6) is 0 Å². The minimum Gasteiger partial charge on any atom is -0.477 e. The Morgan fingerprint density at radius 3 is 2.70 bits per heavy atom. The van der Waals surface area contributed by atoms with Gasteiger partial charge in [0.2, 0.25) is 11.8 Å². The normalized spacial score (nSPS) is 11.7. The number of rotatable bonds is 6. The highest BCUT2D eigenvalue weighted by Crippen LogP contribution is 2.28. The first-order chi connectivity index (χ1) is 12.7. The highest BCUT2D eigenvalue weighted by Gasteiger charge is 2.20. The van der Waals surface area contributed by atoms with Crippen molar-refractivity contribution in [3.05, 3.63) is 40.9 Å². The largest absolute Gasteiger partial charge is 0.477 e. The molecule has 2 N–H and O–H groups in total. The van der Waals surface area contributed by atoms with E-state index < -0.39 is 5.97 Å². The molecule has 3 aromatic rings. The van der Waals surface area contributed by atoms with Gasteiger partial charge < -0.3 is 14.9 Å². The van der Waals surface area contributed by atoms with E-state index in [-0.39, 0.29) is 16.2 Å². The van der Waals surface area contributed by atoms with Crippen LogP contribution in [0.3, 0.4) is 0 Å². The topological polar surface area (TPSA) is 105 Å². The molecule has 1 amide bonds. The van der Waals surface area contributed by atoms with Crippen LogP contribution in [0.15, 0.2) is 28.8 Å². The van der Waals surface area contributed by atoms with E-state index in [1.807, 2.05) is 26.8 Å². The summed E-state index contributed by atoms with van der Waals surface area (Å²) in [4.78, 5) is 27.8. The molecular weight excluding hydrogens is 366 g/mol. The highest BCUT2D eigenvalue weighted by atomic mass is 32.1. The van der Waals surface area contributed by atoms with Crippen LogP contribution in [0.25, 0.3) is 10.1 Å². The standard InChI is InChI=1S/C19H21N3O4S/c1-19(2,3)18-21-16(26-22-18)6-4-5-15(23)20-12-7-8-13-11(9-12)10-14(27-13)17(24)25/h7-10H,4-6H2,1-3H3,(H,20,23)(H,24,25). The van der Waals surface area contributed by atoms with Gasteiger partial charge in [0.15, 0.2) is 5.82 Å². The fourth-order valence-electron chi connectivity index (χ4n) is 2.51. The number of benzene rings is 1. The molecule has 0 aliphatic carbocycles. The number of fused-ring (bicyclic) bond motifs is 1. The van der Waals surface area contributed by atoms with Crippen LogP contribution >= 0.6 is 11.3 Å². The van der Waals surface area contributed by atoms with Crippen molar-refractivity contribution in [2.45, 2.75) is 45.4 Å². The third kappa shape index (κ3) is 4.71. The fraction of sp³-hybridized carbons (Fsp3) is 0.368. The first-order valence-electron chi connectivity index (χ1n) is 8.62. The number of aromatic nitrogens is 2. The van der Waals surface area contributed by atoms with Gasteiger partial charge in [0.1, 0.15) is 4.88 Å². The summed E-state index contributed by atoms with van der Waals surface area (Å²) in [6.07, 6.45) is 1.47. The average molecular weight is 387 g/mol. The van der Waals surface area contributed by atoms with Crippen LogP contribution in [-0.4, -0.2) is 27.1 Å². The Morgan fingerprint density at radius 2 is 2.04 bits per heavy atom. The minimum absolute atomic E-state index is 0.112. The molecule has 7 nitrogen and oxygen atoms in total. The molecule has 0 saturated carbocycles. The monoisotopic (exact) mass is 387 g/mol. The third-order valence-electron chi connectivity index (χ3n) is 3.94. The number of hydrogen-bond donors (Lipinski definition) is 2. The Hall–Kier alpha value is -2.74. The number of aromatic carboxylic acids is 1. The van der Waals surface area contributed by atoms with Crippen molar-refractivity contribution < 1.29 is 19.2 Å². The highest BCUT2D eigenvalue weighted by molar-refractivity contribution is 7.20. The molecule has 0 fully saturated rings. The van der Waals surface area contributed by atoms with E-state index in [9.17, 15) is 9.59 Å². The number of anilines is 1. The predicted molar refractivity (Wildman–Crippen MR) is 103 cm³/mol. The Morgan fingerprint density at radius 1 is 1.26 bits per heavy atom. The summed E-state index contributed by atoms with van der Waals surface area (Å²) in [5.74, 6) is 0.136. The van der Waals surface area contributed by atoms with Gasteiger partial charge in [-0.25, -0.2) is 4.79 Å². The summed E-state index contributed by atoms with van der Waals surface area (Å²) in [6.45, 7) is 6.04. The number of carbonyl (C=O) groups is 2. The molecule has 2 aromatic heterocycles. The van der Waals surface area contributed by atoms with E-state index in [1.165, 1.54) is 11.3 Å². The Labute approximate surface area is 160 Å². The summed E-state index contributed by atoms with van der Waals surface area (Å²) in [7, 11) is 0. The molecule has 0 aliphatic heterocycles. The molecule has 0 saturated heterocycles. The van der Waals surface area contributed by atoms with Crippen molar-refractivity contribution >= 4 is 39.0 Å². The summed E-state index contributed by atoms with van der Waals surface area (Å²) < 4.78 is 6.09. The summed E-state index contributed by atoms with van der Waals surface area (Å²) in [5, 5.41) is 16.7. The number of hydrogen-bond acceptors (Lipinski definition) is 6. The number of carboxylic acids is 1. The number of nitrogens with one attached hydrogen (secondary N) is 1. The van der Waals surface area contributed by atoms with E-state index in [0.717, 1.165) is 10.1 Å². The molecule has 3 rings (SSSR count). The van der Waals surface area contributed by atoms with Gasteiger partial charge in [-0.2, -0.15) is 4.98 Å². The molecule has 142 valence electrons. The Bertz CT molecular complexity index is 984. The second-order valence-electron chi connectivity index (χ2n) is 7.33.